The van der Waals surface area contributed by atoms with Gasteiger partial charge in [-0.1, -0.05) is 0 Å². The van der Waals surface area contributed by atoms with Crippen LogP contribution in [-0.2, 0) is 11.8 Å². The zero-order valence-corrected chi connectivity index (χ0v) is 14.4. The number of hydrogen-bond donors (Lipinski definition) is 1. The summed E-state index contributed by atoms with van der Waals surface area (Å²) in [6.07, 6.45) is 0. The minimum atomic E-state index is -0.230. The van der Waals surface area contributed by atoms with E-state index < -0.39 is 0 Å². The number of fused-ring (bicyclic) bond motifs is 1. The zero-order chi connectivity index (χ0) is 15.8. The predicted molar refractivity (Wildman–Crippen MR) is 88.2 cm³/mol. The first-order valence-corrected chi connectivity index (χ1v) is 8.38. The molecule has 5 nitrogen and oxygen atoms in total. The van der Waals surface area contributed by atoms with Gasteiger partial charge in [-0.3, -0.25) is 14.2 Å². The fraction of sp³-hybridized carbons (Fsp3) is 0.500. The highest BCUT2D eigenvalue weighted by Crippen LogP contribution is 2.30. The first kappa shape index (κ1) is 16.0. The van der Waals surface area contributed by atoms with E-state index >= 15 is 0 Å². The molecule has 0 bridgehead atoms. The minimum Gasteiger partial charge on any atom is -0.351 e. The minimum absolute atomic E-state index is 0.0120. The van der Waals surface area contributed by atoms with E-state index in [1.165, 1.54) is 27.7 Å². The number of rotatable bonds is 3. The second kappa shape index (κ2) is 5.81. The molecule has 7 heteroatoms. The van der Waals surface area contributed by atoms with Gasteiger partial charge in [-0.15, -0.1) is 23.1 Å². The molecule has 0 spiro atoms. The van der Waals surface area contributed by atoms with E-state index in [0.717, 1.165) is 9.04 Å². The lowest BCUT2D eigenvalue weighted by atomic mass is 10.1. The van der Waals surface area contributed by atoms with Gasteiger partial charge in [-0.2, -0.15) is 0 Å². The molecule has 1 N–H and O–H groups in total. The molecule has 0 radical (unpaired) electrons. The quantitative estimate of drug-likeness (QED) is 0.880. The van der Waals surface area contributed by atoms with Gasteiger partial charge < -0.3 is 5.32 Å². The van der Waals surface area contributed by atoms with Crippen LogP contribution in [0, 0.1) is 6.92 Å². The van der Waals surface area contributed by atoms with E-state index in [-0.39, 0.29) is 17.0 Å². The van der Waals surface area contributed by atoms with Crippen LogP contribution >= 0.6 is 23.1 Å². The van der Waals surface area contributed by atoms with Gasteiger partial charge in [-0.25, -0.2) is 4.98 Å². The third-order valence-corrected chi connectivity index (χ3v) is 5.07. The molecule has 21 heavy (non-hydrogen) atoms. The number of amides is 1. The van der Waals surface area contributed by atoms with Crippen molar-refractivity contribution in [1.29, 1.82) is 0 Å². The van der Waals surface area contributed by atoms with Crippen LogP contribution in [-0.4, -0.2) is 26.8 Å². The number of thioether (sulfide) groups is 1. The van der Waals surface area contributed by atoms with Crippen molar-refractivity contribution < 1.29 is 4.79 Å². The Morgan fingerprint density at radius 2 is 2.14 bits per heavy atom. The molecule has 2 aromatic heterocycles. The third kappa shape index (κ3) is 3.85. The molecular weight excluding hydrogens is 306 g/mol. The Balaban J connectivity index is 2.16. The van der Waals surface area contributed by atoms with Crippen LogP contribution in [0.25, 0.3) is 10.2 Å². The largest absolute Gasteiger partial charge is 0.351 e. The monoisotopic (exact) mass is 325 g/mol. The molecule has 0 fully saturated rings. The molecule has 2 heterocycles. The van der Waals surface area contributed by atoms with Gasteiger partial charge in [0.2, 0.25) is 5.91 Å². The van der Waals surface area contributed by atoms with Gasteiger partial charge >= 0.3 is 0 Å². The maximum Gasteiger partial charge on any atom is 0.262 e. The Morgan fingerprint density at radius 3 is 2.76 bits per heavy atom. The molecule has 2 rings (SSSR count). The molecule has 0 aromatic carbocycles. The first-order chi connectivity index (χ1) is 9.67. The van der Waals surface area contributed by atoms with Gasteiger partial charge in [0.15, 0.2) is 0 Å². The van der Waals surface area contributed by atoms with Crippen LogP contribution in [0.15, 0.2) is 15.1 Å². The second-order valence-corrected chi connectivity index (χ2v) is 8.20. The van der Waals surface area contributed by atoms with Crippen LogP contribution in [0.4, 0.5) is 0 Å². The third-order valence-electron chi connectivity index (χ3n) is 2.83. The van der Waals surface area contributed by atoms with Crippen molar-refractivity contribution in [3.8, 4) is 0 Å². The average Bonchev–Trinajstić information content (AvgIpc) is 2.75. The lowest BCUT2D eigenvalue weighted by Crippen LogP contribution is -2.41. The van der Waals surface area contributed by atoms with Gasteiger partial charge in [0, 0.05) is 12.6 Å². The van der Waals surface area contributed by atoms with Crippen molar-refractivity contribution in [2.45, 2.75) is 37.4 Å². The molecule has 1 amide bonds. The fourth-order valence-electron chi connectivity index (χ4n) is 1.81. The predicted octanol–water partition coefficient (Wildman–Crippen LogP) is 2.31. The smallest absolute Gasteiger partial charge is 0.262 e. The Bertz CT molecular complexity index is 741. The van der Waals surface area contributed by atoms with Gasteiger partial charge in [0.25, 0.3) is 5.56 Å². The maximum atomic E-state index is 12.1. The molecule has 2 aromatic rings. The number of aromatic nitrogens is 2. The SMILES string of the molecule is Cc1nc2sc(SCC(=O)NC(C)(C)C)cc2c(=O)n1C. The Labute approximate surface area is 131 Å². The number of hydrogen-bond acceptors (Lipinski definition) is 5. The van der Waals surface area contributed by atoms with E-state index in [1.54, 1.807) is 7.05 Å². The Morgan fingerprint density at radius 1 is 1.48 bits per heavy atom. The lowest BCUT2D eigenvalue weighted by Gasteiger charge is -2.20. The summed E-state index contributed by atoms with van der Waals surface area (Å²) in [6.45, 7) is 7.66. The number of thiophene rings is 1. The number of carbonyl (C=O) groups is 1. The van der Waals surface area contributed by atoms with Crippen LogP contribution in [0.3, 0.4) is 0 Å². The summed E-state index contributed by atoms with van der Waals surface area (Å²) in [7, 11) is 1.71. The second-order valence-electron chi connectivity index (χ2n) is 5.89. The van der Waals surface area contributed by atoms with Crippen LogP contribution in [0.5, 0.6) is 0 Å². The zero-order valence-electron chi connectivity index (χ0n) is 12.8. The summed E-state index contributed by atoms with van der Waals surface area (Å²) < 4.78 is 2.47. The molecule has 0 saturated carbocycles. The molecule has 0 atom stereocenters. The normalized spacial score (nSPS) is 11.9. The summed E-state index contributed by atoms with van der Waals surface area (Å²) in [5, 5.41) is 3.53. The summed E-state index contributed by atoms with van der Waals surface area (Å²) in [5.74, 6) is 1.02. The topological polar surface area (TPSA) is 64.0 Å². The number of nitrogens with one attached hydrogen (secondary N) is 1. The molecule has 0 unspecified atom stereocenters. The number of aryl methyl sites for hydroxylation is 1. The fourth-order valence-corrected chi connectivity index (χ4v) is 3.80. The summed E-state index contributed by atoms with van der Waals surface area (Å²) in [6, 6.07) is 1.82. The van der Waals surface area contributed by atoms with Crippen molar-refractivity contribution in [1.82, 2.24) is 14.9 Å². The van der Waals surface area contributed by atoms with Crippen LogP contribution in [0.1, 0.15) is 26.6 Å². The number of carbonyl (C=O) groups excluding carboxylic acids is 1. The van der Waals surface area contributed by atoms with Crippen molar-refractivity contribution in [2.24, 2.45) is 7.05 Å². The highest BCUT2D eigenvalue weighted by atomic mass is 32.2. The van der Waals surface area contributed by atoms with E-state index in [0.29, 0.717) is 17.0 Å². The van der Waals surface area contributed by atoms with Gasteiger partial charge in [0.05, 0.1) is 15.3 Å². The standard InChI is InChI=1S/C14H19N3O2S2/c1-8-15-12-9(13(19)17(8)5)6-11(21-12)20-7-10(18)16-14(2,3)4/h6H,7H2,1-5H3,(H,16,18). The molecular formula is C14H19N3O2S2. The van der Waals surface area contributed by atoms with Crippen molar-refractivity contribution in [3.05, 3.63) is 22.2 Å². The van der Waals surface area contributed by atoms with E-state index in [4.69, 9.17) is 0 Å². The van der Waals surface area contributed by atoms with Crippen LogP contribution in [0.2, 0.25) is 0 Å². The molecule has 114 valence electrons. The molecule has 0 aliphatic rings. The van der Waals surface area contributed by atoms with E-state index in [9.17, 15) is 9.59 Å². The van der Waals surface area contributed by atoms with Crippen molar-refractivity contribution in [2.75, 3.05) is 5.75 Å². The van der Waals surface area contributed by atoms with Crippen molar-refractivity contribution in [3.63, 3.8) is 0 Å². The first-order valence-electron chi connectivity index (χ1n) is 6.58. The number of nitrogens with zero attached hydrogens (tertiary/aromatic N) is 2. The molecule has 0 aliphatic heterocycles. The molecule has 0 saturated heterocycles. The summed E-state index contributed by atoms with van der Waals surface area (Å²) >= 11 is 2.89. The van der Waals surface area contributed by atoms with E-state index in [1.807, 2.05) is 33.8 Å². The van der Waals surface area contributed by atoms with Gasteiger partial charge in [-0.05, 0) is 33.8 Å². The summed E-state index contributed by atoms with van der Waals surface area (Å²) in [4.78, 5) is 29.1. The van der Waals surface area contributed by atoms with Crippen molar-refractivity contribution >= 4 is 39.2 Å². The highest BCUT2D eigenvalue weighted by Gasteiger charge is 2.15. The van der Waals surface area contributed by atoms with Gasteiger partial charge in [0.1, 0.15) is 10.7 Å². The lowest BCUT2D eigenvalue weighted by molar-refractivity contribution is -0.119. The maximum absolute atomic E-state index is 12.1. The van der Waals surface area contributed by atoms with E-state index in [2.05, 4.69) is 10.3 Å². The Kier molecular flexibility index (Phi) is 4.43. The average molecular weight is 325 g/mol. The highest BCUT2D eigenvalue weighted by molar-refractivity contribution is 8.01. The summed E-state index contributed by atoms with van der Waals surface area (Å²) in [5.41, 5.74) is -0.272. The Hall–Kier alpha value is -1.34. The van der Waals surface area contributed by atoms with Crippen LogP contribution < -0.4 is 10.9 Å². The molecule has 0 aliphatic carbocycles.